The number of aryl methyl sites for hydroxylation is 2. The number of aromatic nitrogens is 3. The zero-order chi connectivity index (χ0) is 15.8. The number of nitrogens with one attached hydrogen (secondary N) is 1. The molecule has 3 heterocycles. The van der Waals surface area contributed by atoms with Gasteiger partial charge in [0.05, 0.1) is 16.7 Å². The standard InChI is InChI=1S/C19H17N3O/c1-12-18(13(2)23-22-12)16-11-21-17-8-9-20-19(17)15(16)10-14-6-4-3-5-7-14/h3-9,11,20H,10H2,1-2H3. The van der Waals surface area contributed by atoms with Crippen molar-refractivity contribution in [2.24, 2.45) is 0 Å². The van der Waals surface area contributed by atoms with E-state index in [1.807, 2.05) is 38.4 Å². The molecule has 3 aromatic heterocycles. The highest BCUT2D eigenvalue weighted by Gasteiger charge is 2.18. The lowest BCUT2D eigenvalue weighted by Gasteiger charge is -2.11. The molecule has 4 rings (SSSR count). The molecule has 114 valence electrons. The fourth-order valence-electron chi connectivity index (χ4n) is 3.12. The Balaban J connectivity index is 1.96. The second-order valence-electron chi connectivity index (χ2n) is 5.75. The van der Waals surface area contributed by atoms with Crippen molar-refractivity contribution in [3.8, 4) is 11.1 Å². The average molecular weight is 303 g/mol. The molecule has 0 bridgehead atoms. The first-order valence-corrected chi connectivity index (χ1v) is 7.66. The van der Waals surface area contributed by atoms with Gasteiger partial charge in [-0.25, -0.2) is 0 Å². The van der Waals surface area contributed by atoms with E-state index in [0.29, 0.717) is 0 Å². The molecular weight excluding hydrogens is 286 g/mol. The molecule has 0 fully saturated rings. The Kier molecular flexibility index (Phi) is 3.23. The van der Waals surface area contributed by atoms with E-state index >= 15 is 0 Å². The molecule has 23 heavy (non-hydrogen) atoms. The van der Waals surface area contributed by atoms with Crippen LogP contribution in [0.15, 0.2) is 53.3 Å². The van der Waals surface area contributed by atoms with Gasteiger partial charge in [0.25, 0.3) is 0 Å². The van der Waals surface area contributed by atoms with Crippen LogP contribution >= 0.6 is 0 Å². The summed E-state index contributed by atoms with van der Waals surface area (Å²) in [6, 6.07) is 12.5. The second kappa shape index (κ2) is 5.39. The van der Waals surface area contributed by atoms with Crippen molar-refractivity contribution in [3.05, 3.63) is 71.4 Å². The van der Waals surface area contributed by atoms with E-state index in [1.165, 1.54) is 11.1 Å². The number of hydrogen-bond acceptors (Lipinski definition) is 3. The molecule has 4 aromatic rings. The van der Waals surface area contributed by atoms with Crippen molar-refractivity contribution in [2.45, 2.75) is 20.3 Å². The fourth-order valence-corrected chi connectivity index (χ4v) is 3.12. The summed E-state index contributed by atoms with van der Waals surface area (Å²) in [6.45, 7) is 3.91. The Labute approximate surface area is 134 Å². The minimum atomic E-state index is 0.824. The summed E-state index contributed by atoms with van der Waals surface area (Å²) in [4.78, 5) is 7.92. The number of benzene rings is 1. The predicted molar refractivity (Wildman–Crippen MR) is 90.3 cm³/mol. The topological polar surface area (TPSA) is 54.7 Å². The molecule has 0 aliphatic heterocycles. The molecule has 4 nitrogen and oxygen atoms in total. The fraction of sp³-hybridized carbons (Fsp3) is 0.158. The predicted octanol–water partition coefficient (Wildman–Crippen LogP) is 4.43. The lowest BCUT2D eigenvalue weighted by molar-refractivity contribution is 0.393. The van der Waals surface area contributed by atoms with Gasteiger partial charge in [-0.15, -0.1) is 0 Å². The quantitative estimate of drug-likeness (QED) is 0.609. The van der Waals surface area contributed by atoms with Crippen LogP contribution in [0.2, 0.25) is 0 Å². The van der Waals surface area contributed by atoms with Crippen molar-refractivity contribution in [3.63, 3.8) is 0 Å². The van der Waals surface area contributed by atoms with Crippen LogP contribution in [0.4, 0.5) is 0 Å². The van der Waals surface area contributed by atoms with Gasteiger partial charge in [0.2, 0.25) is 0 Å². The maximum atomic E-state index is 5.36. The van der Waals surface area contributed by atoms with Gasteiger partial charge in [-0.3, -0.25) is 4.98 Å². The van der Waals surface area contributed by atoms with Gasteiger partial charge < -0.3 is 9.51 Å². The van der Waals surface area contributed by atoms with Crippen LogP contribution < -0.4 is 0 Å². The zero-order valence-corrected chi connectivity index (χ0v) is 13.1. The minimum absolute atomic E-state index is 0.824. The summed E-state index contributed by atoms with van der Waals surface area (Å²) in [6.07, 6.45) is 4.70. The summed E-state index contributed by atoms with van der Waals surface area (Å²) >= 11 is 0. The Morgan fingerprint density at radius 3 is 2.65 bits per heavy atom. The zero-order valence-electron chi connectivity index (χ0n) is 13.1. The highest BCUT2D eigenvalue weighted by atomic mass is 16.5. The summed E-state index contributed by atoms with van der Waals surface area (Å²) < 4.78 is 5.36. The van der Waals surface area contributed by atoms with Gasteiger partial charge in [-0.2, -0.15) is 0 Å². The summed E-state index contributed by atoms with van der Waals surface area (Å²) in [5.41, 5.74) is 7.56. The molecule has 0 saturated carbocycles. The molecule has 0 saturated heterocycles. The van der Waals surface area contributed by atoms with E-state index in [2.05, 4.69) is 39.4 Å². The normalized spacial score (nSPS) is 11.2. The van der Waals surface area contributed by atoms with Crippen LogP contribution in [-0.4, -0.2) is 15.1 Å². The molecule has 0 unspecified atom stereocenters. The average Bonchev–Trinajstić information content (AvgIpc) is 3.16. The number of pyridine rings is 1. The second-order valence-corrected chi connectivity index (χ2v) is 5.75. The van der Waals surface area contributed by atoms with Crippen molar-refractivity contribution >= 4 is 11.0 Å². The third kappa shape index (κ3) is 2.32. The Morgan fingerprint density at radius 2 is 1.91 bits per heavy atom. The third-order valence-electron chi connectivity index (χ3n) is 4.21. The SMILES string of the molecule is Cc1noc(C)c1-c1cnc2cc[nH]c2c1Cc1ccccc1. The van der Waals surface area contributed by atoms with Gasteiger partial charge in [0.15, 0.2) is 0 Å². The molecule has 0 spiro atoms. The van der Waals surface area contributed by atoms with Gasteiger partial charge in [0, 0.05) is 29.9 Å². The summed E-state index contributed by atoms with van der Waals surface area (Å²) in [7, 11) is 0. The largest absolute Gasteiger partial charge is 0.361 e. The molecule has 1 N–H and O–H groups in total. The summed E-state index contributed by atoms with van der Waals surface area (Å²) in [5.74, 6) is 0.824. The molecule has 1 aromatic carbocycles. The molecule has 0 atom stereocenters. The first kappa shape index (κ1) is 13.8. The van der Waals surface area contributed by atoms with Crippen LogP contribution in [0.25, 0.3) is 22.2 Å². The molecule has 0 radical (unpaired) electrons. The van der Waals surface area contributed by atoms with Gasteiger partial charge >= 0.3 is 0 Å². The molecule has 4 heteroatoms. The lowest BCUT2D eigenvalue weighted by Crippen LogP contribution is -1.97. The molecular formula is C19H17N3O. The Hall–Kier alpha value is -2.88. The number of nitrogens with zero attached hydrogens (tertiary/aromatic N) is 2. The van der Waals surface area contributed by atoms with E-state index < -0.39 is 0 Å². The van der Waals surface area contributed by atoms with Crippen molar-refractivity contribution in [1.82, 2.24) is 15.1 Å². The van der Waals surface area contributed by atoms with Crippen molar-refractivity contribution < 1.29 is 4.52 Å². The third-order valence-corrected chi connectivity index (χ3v) is 4.21. The van der Waals surface area contributed by atoms with E-state index in [1.54, 1.807) is 0 Å². The van der Waals surface area contributed by atoms with E-state index in [9.17, 15) is 0 Å². The number of rotatable bonds is 3. The first-order chi connectivity index (χ1) is 11.2. The summed E-state index contributed by atoms with van der Waals surface area (Å²) in [5, 5.41) is 4.10. The number of aromatic amines is 1. The van der Waals surface area contributed by atoms with E-state index in [-0.39, 0.29) is 0 Å². The van der Waals surface area contributed by atoms with Crippen LogP contribution in [0.1, 0.15) is 22.6 Å². The van der Waals surface area contributed by atoms with Gasteiger partial charge in [-0.05, 0) is 31.0 Å². The van der Waals surface area contributed by atoms with Crippen LogP contribution in [0.3, 0.4) is 0 Å². The van der Waals surface area contributed by atoms with Gasteiger partial charge in [0.1, 0.15) is 5.76 Å². The van der Waals surface area contributed by atoms with Crippen LogP contribution in [-0.2, 0) is 6.42 Å². The van der Waals surface area contributed by atoms with Crippen molar-refractivity contribution in [1.29, 1.82) is 0 Å². The van der Waals surface area contributed by atoms with Gasteiger partial charge in [-0.1, -0.05) is 35.5 Å². The molecule has 0 amide bonds. The molecule has 0 aliphatic carbocycles. The lowest BCUT2D eigenvalue weighted by atomic mass is 9.94. The van der Waals surface area contributed by atoms with Crippen LogP contribution in [0, 0.1) is 13.8 Å². The van der Waals surface area contributed by atoms with E-state index in [0.717, 1.165) is 40.0 Å². The monoisotopic (exact) mass is 303 g/mol. The number of hydrogen-bond donors (Lipinski definition) is 1. The van der Waals surface area contributed by atoms with E-state index in [4.69, 9.17) is 4.52 Å². The minimum Gasteiger partial charge on any atom is -0.361 e. The van der Waals surface area contributed by atoms with Crippen molar-refractivity contribution in [2.75, 3.05) is 0 Å². The molecule has 0 aliphatic rings. The number of fused-ring (bicyclic) bond motifs is 1. The smallest absolute Gasteiger partial charge is 0.141 e. The number of H-pyrrole nitrogens is 1. The van der Waals surface area contributed by atoms with Crippen LogP contribution in [0.5, 0.6) is 0 Å². The first-order valence-electron chi connectivity index (χ1n) is 7.66. The highest BCUT2D eigenvalue weighted by Crippen LogP contribution is 2.33. The maximum absolute atomic E-state index is 5.36. The maximum Gasteiger partial charge on any atom is 0.141 e. The highest BCUT2D eigenvalue weighted by molar-refractivity contribution is 5.87. The Morgan fingerprint density at radius 1 is 1.09 bits per heavy atom. The Bertz CT molecular complexity index is 947.